The van der Waals surface area contributed by atoms with Gasteiger partial charge in [-0.1, -0.05) is 12.1 Å². The van der Waals surface area contributed by atoms with E-state index in [0.29, 0.717) is 30.5 Å². The molecule has 9 heteroatoms. The number of carbonyl (C=O) groups excluding carboxylic acids is 1. The summed E-state index contributed by atoms with van der Waals surface area (Å²) in [4.78, 5) is 12.2. The lowest BCUT2D eigenvalue weighted by atomic mass is 10.1. The lowest BCUT2D eigenvalue weighted by Crippen LogP contribution is -2.30. The molecule has 1 atom stereocenters. The van der Waals surface area contributed by atoms with E-state index in [1.807, 2.05) is 49.4 Å². The van der Waals surface area contributed by atoms with Crippen LogP contribution in [0.5, 0.6) is 5.75 Å². The lowest BCUT2D eigenvalue weighted by Gasteiger charge is -2.23. The van der Waals surface area contributed by atoms with Crippen LogP contribution >= 0.6 is 0 Å². The van der Waals surface area contributed by atoms with Crippen molar-refractivity contribution >= 4 is 38.2 Å². The van der Waals surface area contributed by atoms with Crippen molar-refractivity contribution in [3.8, 4) is 17.0 Å². The number of hydrogen-bond acceptors (Lipinski definition) is 6. The Bertz CT molecular complexity index is 1420. The number of nitrogen functional groups attached to an aromatic ring is 1. The second-order valence-corrected chi connectivity index (χ2v) is 13.0. The largest absolute Gasteiger partial charge is 0.490 e. The average molecular weight is 524 g/mol. The number of aromatic nitrogens is 1. The first-order chi connectivity index (χ1) is 17.8. The average Bonchev–Trinajstić information content (AvgIpc) is 3.78. The van der Waals surface area contributed by atoms with E-state index in [0.717, 1.165) is 59.3 Å². The van der Waals surface area contributed by atoms with Gasteiger partial charge in [-0.25, -0.2) is 13.2 Å². The van der Waals surface area contributed by atoms with E-state index in [9.17, 15) is 13.2 Å². The molecule has 1 amide bonds. The molecule has 2 saturated carbocycles. The predicted octanol–water partition coefficient (Wildman–Crippen LogP) is 5.53. The number of anilines is 2. The molecule has 3 fully saturated rings. The van der Waals surface area contributed by atoms with Gasteiger partial charge in [0.1, 0.15) is 18.0 Å². The van der Waals surface area contributed by atoms with Crippen molar-refractivity contribution in [1.82, 2.24) is 4.57 Å². The highest BCUT2D eigenvalue weighted by molar-refractivity contribution is 7.91. The molecule has 1 aliphatic heterocycles. The van der Waals surface area contributed by atoms with Crippen molar-refractivity contribution in [3.05, 3.63) is 42.5 Å². The van der Waals surface area contributed by atoms with Crippen LogP contribution in [-0.2, 0) is 14.6 Å². The van der Waals surface area contributed by atoms with E-state index in [1.165, 1.54) is 0 Å². The third-order valence-corrected chi connectivity index (χ3v) is 9.43. The van der Waals surface area contributed by atoms with Crippen LogP contribution in [0.2, 0.25) is 0 Å². The fraction of sp³-hybridized carbons (Fsp3) is 0.464. The molecule has 0 unspecified atom stereocenters. The maximum Gasteiger partial charge on any atom is 0.411 e. The van der Waals surface area contributed by atoms with Crippen molar-refractivity contribution < 1.29 is 22.7 Å². The quantitative estimate of drug-likeness (QED) is 0.421. The number of sulfone groups is 1. The first-order valence-corrected chi connectivity index (χ1v) is 15.0. The number of rotatable bonds is 7. The zero-order valence-electron chi connectivity index (χ0n) is 21.0. The third-order valence-electron chi connectivity index (χ3n) is 7.71. The summed E-state index contributed by atoms with van der Waals surface area (Å²) in [6.07, 6.45) is 4.88. The molecule has 6 rings (SSSR count). The summed E-state index contributed by atoms with van der Waals surface area (Å²) in [7, 11) is -2.93. The third kappa shape index (κ3) is 5.14. The molecule has 1 aromatic heterocycles. The van der Waals surface area contributed by atoms with E-state index >= 15 is 0 Å². The summed E-state index contributed by atoms with van der Waals surface area (Å²) in [5.41, 5.74) is 11.1. The topological polar surface area (TPSA) is 113 Å². The fourth-order valence-electron chi connectivity index (χ4n) is 5.26. The number of benzene rings is 2. The highest BCUT2D eigenvalue weighted by Crippen LogP contribution is 2.47. The number of nitrogens with two attached hydrogens (primary N) is 1. The van der Waals surface area contributed by atoms with Crippen LogP contribution in [0, 0.1) is 5.92 Å². The summed E-state index contributed by atoms with van der Waals surface area (Å²) in [5.74, 6) is 1.58. The Morgan fingerprint density at radius 2 is 1.73 bits per heavy atom. The molecule has 0 radical (unpaired) electrons. The lowest BCUT2D eigenvalue weighted by molar-refractivity contribution is 0.108. The fourth-order valence-corrected chi connectivity index (χ4v) is 6.71. The Morgan fingerprint density at radius 3 is 2.38 bits per heavy atom. The summed E-state index contributed by atoms with van der Waals surface area (Å²) in [6, 6.07) is 14.0. The minimum absolute atomic E-state index is 0.0617. The summed E-state index contributed by atoms with van der Waals surface area (Å²) in [5, 5.41) is 3.80. The van der Waals surface area contributed by atoms with Crippen LogP contribution in [0.15, 0.2) is 42.5 Å². The molecule has 3 aromatic rings. The van der Waals surface area contributed by atoms with Gasteiger partial charge >= 0.3 is 6.09 Å². The molecule has 8 nitrogen and oxygen atoms in total. The SMILES string of the molecule is C[C@@H](OC(=O)Nc1ccc(-c2c(N)c3ccc(OC4CCS(=O)(=O)CC4)cc3n2C2CC2)cc1)C1CC1. The van der Waals surface area contributed by atoms with Crippen molar-refractivity contribution in [1.29, 1.82) is 0 Å². The van der Waals surface area contributed by atoms with Crippen molar-refractivity contribution in [2.45, 2.75) is 63.7 Å². The smallest absolute Gasteiger partial charge is 0.411 e. The molecule has 1 saturated heterocycles. The van der Waals surface area contributed by atoms with E-state index < -0.39 is 15.9 Å². The number of amides is 1. The van der Waals surface area contributed by atoms with Gasteiger partial charge in [0.05, 0.1) is 28.4 Å². The molecule has 3 aliphatic rings. The standard InChI is InChI=1S/C28H33N3O5S/c1-17(18-2-3-18)35-28(32)30-20-6-4-19(5-7-20)27-26(29)24-11-10-23(16-25(24)31(27)21-8-9-21)36-22-12-14-37(33,34)15-13-22/h4-7,10-11,16-18,21-22H,2-3,8-9,12-15,29H2,1H3,(H,30,32)/t17-/m1/s1. The van der Waals surface area contributed by atoms with Gasteiger partial charge in [-0.15, -0.1) is 0 Å². The van der Waals surface area contributed by atoms with Gasteiger partial charge in [0.25, 0.3) is 0 Å². The molecule has 2 aromatic carbocycles. The zero-order valence-corrected chi connectivity index (χ0v) is 21.8. The molecular weight excluding hydrogens is 490 g/mol. The Hall–Kier alpha value is -3.20. The Morgan fingerprint density at radius 1 is 1.03 bits per heavy atom. The number of carbonyl (C=O) groups is 1. The van der Waals surface area contributed by atoms with E-state index in [1.54, 1.807) is 0 Å². The molecule has 0 spiro atoms. The second-order valence-electron chi connectivity index (χ2n) is 10.7. The number of hydrogen-bond donors (Lipinski definition) is 2. The van der Waals surface area contributed by atoms with Gasteiger partial charge in [-0.2, -0.15) is 0 Å². The molecular formula is C28H33N3O5S. The van der Waals surface area contributed by atoms with Gasteiger partial charge in [0, 0.05) is 28.7 Å². The Kier molecular flexibility index (Phi) is 6.06. The molecule has 0 bridgehead atoms. The van der Waals surface area contributed by atoms with Crippen LogP contribution in [0.25, 0.3) is 22.2 Å². The molecule has 2 aliphatic carbocycles. The summed E-state index contributed by atoms with van der Waals surface area (Å²) < 4.78 is 37.5. The Balaban J connectivity index is 1.24. The number of ether oxygens (including phenoxy) is 2. The van der Waals surface area contributed by atoms with Gasteiger partial charge in [0.15, 0.2) is 9.84 Å². The minimum atomic E-state index is -2.93. The van der Waals surface area contributed by atoms with Crippen molar-refractivity contribution in [2.24, 2.45) is 5.92 Å². The molecule has 2 heterocycles. The van der Waals surface area contributed by atoms with Crippen LogP contribution in [0.3, 0.4) is 0 Å². The minimum Gasteiger partial charge on any atom is -0.490 e. The van der Waals surface area contributed by atoms with Crippen LogP contribution in [0.1, 0.15) is 51.5 Å². The Labute approximate surface area is 217 Å². The van der Waals surface area contributed by atoms with Crippen LogP contribution in [-0.4, -0.2) is 42.8 Å². The van der Waals surface area contributed by atoms with Gasteiger partial charge in [0.2, 0.25) is 0 Å². The zero-order chi connectivity index (χ0) is 25.7. The van der Waals surface area contributed by atoms with Gasteiger partial charge < -0.3 is 19.8 Å². The van der Waals surface area contributed by atoms with Crippen molar-refractivity contribution in [2.75, 3.05) is 22.6 Å². The van der Waals surface area contributed by atoms with Gasteiger partial charge in [-0.3, -0.25) is 5.32 Å². The monoisotopic (exact) mass is 523 g/mol. The molecule has 3 N–H and O–H groups in total. The maximum absolute atomic E-state index is 12.2. The number of nitrogens with zero attached hydrogens (tertiary/aromatic N) is 1. The highest BCUT2D eigenvalue weighted by atomic mass is 32.2. The van der Waals surface area contributed by atoms with Gasteiger partial charge in [-0.05, 0) is 75.6 Å². The molecule has 37 heavy (non-hydrogen) atoms. The van der Waals surface area contributed by atoms with Crippen LogP contribution < -0.4 is 15.8 Å². The predicted molar refractivity (Wildman–Crippen MR) is 145 cm³/mol. The van der Waals surface area contributed by atoms with E-state index in [4.69, 9.17) is 15.2 Å². The molecule has 196 valence electrons. The summed E-state index contributed by atoms with van der Waals surface area (Å²) in [6.45, 7) is 1.94. The first-order valence-electron chi connectivity index (χ1n) is 13.2. The van der Waals surface area contributed by atoms with E-state index in [2.05, 4.69) is 9.88 Å². The first kappa shape index (κ1) is 24.2. The summed E-state index contributed by atoms with van der Waals surface area (Å²) >= 11 is 0. The maximum atomic E-state index is 12.2. The second kappa shape index (κ2) is 9.28. The highest BCUT2D eigenvalue weighted by Gasteiger charge is 2.32. The van der Waals surface area contributed by atoms with E-state index in [-0.39, 0.29) is 23.7 Å². The van der Waals surface area contributed by atoms with Crippen molar-refractivity contribution in [3.63, 3.8) is 0 Å². The normalized spacial score (nSPS) is 20.5. The number of fused-ring (bicyclic) bond motifs is 1. The van der Waals surface area contributed by atoms with Crippen LogP contribution in [0.4, 0.5) is 16.2 Å². The number of nitrogens with one attached hydrogen (secondary N) is 1.